The van der Waals surface area contributed by atoms with Crippen LogP contribution in [0.1, 0.15) is 43.5 Å². The van der Waals surface area contributed by atoms with Crippen LogP contribution in [0.5, 0.6) is 0 Å². The van der Waals surface area contributed by atoms with Crippen molar-refractivity contribution in [3.63, 3.8) is 0 Å². The minimum Gasteiger partial charge on any atom is -0.462 e. The normalized spacial score (nSPS) is 10.6. The molecule has 1 heterocycles. The number of rotatable bonds is 6. The van der Waals surface area contributed by atoms with E-state index in [1.165, 1.54) is 11.3 Å². The van der Waals surface area contributed by atoms with Crippen LogP contribution in [0.4, 0.5) is 5.13 Å². The second-order valence-corrected chi connectivity index (χ2v) is 5.60. The van der Waals surface area contributed by atoms with E-state index < -0.39 is 0 Å². The SMILES string of the molecule is CCCCC(=O)Nc1nc2ccc(C(=O)OCC)cc2s1. The lowest BCUT2D eigenvalue weighted by Gasteiger charge is -2.00. The molecule has 1 aromatic carbocycles. The van der Waals surface area contributed by atoms with Gasteiger partial charge in [0.2, 0.25) is 5.91 Å². The van der Waals surface area contributed by atoms with Crippen LogP contribution in [-0.4, -0.2) is 23.5 Å². The molecule has 0 unspecified atom stereocenters. The van der Waals surface area contributed by atoms with Gasteiger partial charge in [-0.3, -0.25) is 4.79 Å². The lowest BCUT2D eigenvalue weighted by Crippen LogP contribution is -2.10. The third kappa shape index (κ3) is 4.01. The number of nitrogens with one attached hydrogen (secondary N) is 1. The van der Waals surface area contributed by atoms with E-state index in [4.69, 9.17) is 4.74 Å². The van der Waals surface area contributed by atoms with Crippen molar-refractivity contribution in [2.75, 3.05) is 11.9 Å². The van der Waals surface area contributed by atoms with Gasteiger partial charge in [0.05, 0.1) is 22.4 Å². The topological polar surface area (TPSA) is 68.3 Å². The zero-order valence-electron chi connectivity index (χ0n) is 12.1. The number of nitrogens with zero attached hydrogens (tertiary/aromatic N) is 1. The first-order chi connectivity index (χ1) is 10.1. The predicted molar refractivity (Wildman–Crippen MR) is 83.7 cm³/mol. The van der Waals surface area contributed by atoms with Gasteiger partial charge in [-0.05, 0) is 31.5 Å². The van der Waals surface area contributed by atoms with Crippen LogP contribution < -0.4 is 5.32 Å². The van der Waals surface area contributed by atoms with Gasteiger partial charge in [-0.25, -0.2) is 9.78 Å². The molecule has 0 saturated carbocycles. The molecular formula is C15H18N2O3S. The van der Waals surface area contributed by atoms with E-state index in [-0.39, 0.29) is 11.9 Å². The molecule has 1 aromatic heterocycles. The molecule has 0 atom stereocenters. The lowest BCUT2D eigenvalue weighted by molar-refractivity contribution is -0.116. The molecule has 0 spiro atoms. The highest BCUT2D eigenvalue weighted by Gasteiger charge is 2.11. The quantitative estimate of drug-likeness (QED) is 0.828. The van der Waals surface area contributed by atoms with Gasteiger partial charge < -0.3 is 10.1 Å². The number of hydrogen-bond acceptors (Lipinski definition) is 5. The first-order valence-electron chi connectivity index (χ1n) is 7.01. The molecule has 0 bridgehead atoms. The van der Waals surface area contributed by atoms with Crippen LogP contribution in [0.15, 0.2) is 18.2 Å². The van der Waals surface area contributed by atoms with Gasteiger partial charge in [-0.15, -0.1) is 0 Å². The Hall–Kier alpha value is -1.95. The summed E-state index contributed by atoms with van der Waals surface area (Å²) >= 11 is 1.36. The molecule has 0 aliphatic carbocycles. The number of aromatic nitrogens is 1. The average molecular weight is 306 g/mol. The summed E-state index contributed by atoms with van der Waals surface area (Å²) in [6, 6.07) is 5.19. The van der Waals surface area contributed by atoms with Crippen LogP contribution in [0.2, 0.25) is 0 Å². The van der Waals surface area contributed by atoms with Crippen molar-refractivity contribution in [2.45, 2.75) is 33.1 Å². The van der Waals surface area contributed by atoms with Gasteiger partial charge in [0.15, 0.2) is 5.13 Å². The number of unbranched alkanes of at least 4 members (excludes halogenated alkanes) is 1. The number of esters is 1. The summed E-state index contributed by atoms with van der Waals surface area (Å²) in [7, 11) is 0. The molecule has 0 fully saturated rings. The van der Waals surface area contributed by atoms with Gasteiger partial charge in [0, 0.05) is 6.42 Å². The number of fused-ring (bicyclic) bond motifs is 1. The monoisotopic (exact) mass is 306 g/mol. The Labute approximate surface area is 127 Å². The molecule has 21 heavy (non-hydrogen) atoms. The maximum Gasteiger partial charge on any atom is 0.338 e. The molecule has 0 aliphatic rings. The standard InChI is InChI=1S/C15H18N2O3S/c1-3-5-6-13(18)17-15-16-11-8-7-10(9-12(11)21-15)14(19)20-4-2/h7-9H,3-6H2,1-2H3,(H,16,17,18). The molecule has 2 aromatic rings. The van der Waals surface area contributed by atoms with E-state index in [1.54, 1.807) is 25.1 Å². The predicted octanol–water partition coefficient (Wildman–Crippen LogP) is 3.60. The molecule has 0 radical (unpaired) electrons. The Balaban J connectivity index is 2.14. The molecule has 2 rings (SSSR count). The molecule has 0 saturated heterocycles. The zero-order chi connectivity index (χ0) is 15.2. The minimum atomic E-state index is -0.346. The largest absolute Gasteiger partial charge is 0.462 e. The zero-order valence-corrected chi connectivity index (χ0v) is 13.0. The van der Waals surface area contributed by atoms with Gasteiger partial charge in [0.25, 0.3) is 0 Å². The highest BCUT2D eigenvalue weighted by molar-refractivity contribution is 7.22. The van der Waals surface area contributed by atoms with Crippen molar-refractivity contribution in [3.05, 3.63) is 23.8 Å². The highest BCUT2D eigenvalue weighted by atomic mass is 32.1. The van der Waals surface area contributed by atoms with E-state index >= 15 is 0 Å². The van der Waals surface area contributed by atoms with Gasteiger partial charge in [-0.2, -0.15) is 0 Å². The third-order valence-corrected chi connectivity index (χ3v) is 3.84. The van der Waals surface area contributed by atoms with Crippen LogP contribution >= 0.6 is 11.3 Å². The second-order valence-electron chi connectivity index (χ2n) is 4.57. The highest BCUT2D eigenvalue weighted by Crippen LogP contribution is 2.27. The second kappa shape index (κ2) is 7.17. The number of anilines is 1. The Morgan fingerprint density at radius 1 is 1.33 bits per heavy atom. The number of carbonyl (C=O) groups is 2. The smallest absolute Gasteiger partial charge is 0.338 e. The summed E-state index contributed by atoms with van der Waals surface area (Å²) in [6.45, 7) is 4.16. The van der Waals surface area contributed by atoms with E-state index in [0.29, 0.717) is 23.7 Å². The van der Waals surface area contributed by atoms with Gasteiger partial charge in [-0.1, -0.05) is 24.7 Å². The Kier molecular flexibility index (Phi) is 5.27. The summed E-state index contributed by atoms with van der Waals surface area (Å²) < 4.78 is 5.82. The summed E-state index contributed by atoms with van der Waals surface area (Å²) in [5, 5.41) is 3.35. The molecule has 5 nitrogen and oxygen atoms in total. The van der Waals surface area contributed by atoms with Crippen molar-refractivity contribution < 1.29 is 14.3 Å². The molecule has 1 amide bonds. The van der Waals surface area contributed by atoms with Gasteiger partial charge >= 0.3 is 5.97 Å². The average Bonchev–Trinajstić information content (AvgIpc) is 2.86. The lowest BCUT2D eigenvalue weighted by atomic mass is 10.2. The van der Waals surface area contributed by atoms with E-state index in [9.17, 15) is 9.59 Å². The number of amides is 1. The van der Waals surface area contributed by atoms with Crippen LogP contribution in [0, 0.1) is 0 Å². The summed E-state index contributed by atoms with van der Waals surface area (Å²) in [5.74, 6) is -0.372. The first-order valence-corrected chi connectivity index (χ1v) is 7.83. The molecule has 112 valence electrons. The summed E-state index contributed by atoms with van der Waals surface area (Å²) in [5.41, 5.74) is 1.26. The van der Waals surface area contributed by atoms with Crippen molar-refractivity contribution >= 4 is 38.6 Å². The fourth-order valence-electron chi connectivity index (χ4n) is 1.84. The Morgan fingerprint density at radius 3 is 2.86 bits per heavy atom. The Morgan fingerprint density at radius 2 is 2.14 bits per heavy atom. The third-order valence-electron chi connectivity index (χ3n) is 2.90. The number of carbonyl (C=O) groups excluding carboxylic acids is 2. The number of ether oxygens (including phenoxy) is 1. The fourth-order valence-corrected chi connectivity index (χ4v) is 2.76. The van der Waals surface area contributed by atoms with Crippen LogP contribution in [0.3, 0.4) is 0 Å². The van der Waals surface area contributed by atoms with Crippen molar-refractivity contribution in [3.8, 4) is 0 Å². The number of hydrogen-bond donors (Lipinski definition) is 1. The maximum absolute atomic E-state index is 11.7. The van der Waals surface area contributed by atoms with Gasteiger partial charge in [0.1, 0.15) is 0 Å². The van der Waals surface area contributed by atoms with Crippen LogP contribution in [-0.2, 0) is 9.53 Å². The van der Waals surface area contributed by atoms with E-state index in [1.807, 2.05) is 6.92 Å². The summed E-state index contributed by atoms with van der Waals surface area (Å²) in [4.78, 5) is 27.7. The minimum absolute atomic E-state index is 0.0264. The Bertz CT molecular complexity index is 651. The van der Waals surface area contributed by atoms with Crippen molar-refractivity contribution in [1.82, 2.24) is 4.98 Å². The van der Waals surface area contributed by atoms with E-state index in [0.717, 1.165) is 23.1 Å². The van der Waals surface area contributed by atoms with Crippen molar-refractivity contribution in [1.29, 1.82) is 0 Å². The molecule has 1 N–H and O–H groups in total. The fraction of sp³-hybridized carbons (Fsp3) is 0.400. The van der Waals surface area contributed by atoms with Crippen molar-refractivity contribution in [2.24, 2.45) is 0 Å². The first kappa shape index (κ1) is 15.4. The maximum atomic E-state index is 11.7. The summed E-state index contributed by atoms with van der Waals surface area (Å²) in [6.07, 6.45) is 2.35. The molecular weight excluding hydrogens is 288 g/mol. The number of thiazole rings is 1. The van der Waals surface area contributed by atoms with Crippen LogP contribution in [0.25, 0.3) is 10.2 Å². The van der Waals surface area contributed by atoms with E-state index in [2.05, 4.69) is 10.3 Å². The molecule has 6 heteroatoms. The number of benzene rings is 1. The molecule has 0 aliphatic heterocycles.